The number of rotatable bonds is 3. The highest BCUT2D eigenvalue weighted by Gasteiger charge is 2.23. The van der Waals surface area contributed by atoms with Crippen molar-refractivity contribution in [2.24, 2.45) is 5.41 Å². The van der Waals surface area contributed by atoms with Crippen LogP contribution >= 0.6 is 0 Å². The van der Waals surface area contributed by atoms with Gasteiger partial charge in [-0.15, -0.1) is 0 Å². The largest absolute Gasteiger partial charge is 0.417 e. The van der Waals surface area contributed by atoms with E-state index in [0.29, 0.717) is 11.5 Å². The summed E-state index contributed by atoms with van der Waals surface area (Å²) < 4.78 is 5.90. The third kappa shape index (κ3) is 4.59. The molecule has 0 heterocycles. The fourth-order valence-electron chi connectivity index (χ4n) is 1.24. The first kappa shape index (κ1) is 11.2. The Morgan fingerprint density at radius 2 is 1.73 bits per heavy atom. The SMILES string of the molecule is CCC(O[SiH](C)C)C(C)(C)C. The van der Waals surface area contributed by atoms with E-state index in [1.54, 1.807) is 0 Å². The molecule has 1 unspecified atom stereocenters. The van der Waals surface area contributed by atoms with Gasteiger partial charge in [0.25, 0.3) is 0 Å². The molecule has 0 aromatic carbocycles. The predicted octanol–water partition coefficient (Wildman–Crippen LogP) is 2.81. The van der Waals surface area contributed by atoms with Crippen LogP contribution in [0.2, 0.25) is 13.1 Å². The summed E-state index contributed by atoms with van der Waals surface area (Å²) in [5.74, 6) is 0. The van der Waals surface area contributed by atoms with E-state index >= 15 is 0 Å². The fourth-order valence-corrected chi connectivity index (χ4v) is 2.50. The third-order valence-corrected chi connectivity index (χ3v) is 2.65. The summed E-state index contributed by atoms with van der Waals surface area (Å²) in [7, 11) is -0.846. The van der Waals surface area contributed by atoms with Crippen LogP contribution < -0.4 is 0 Å². The first-order chi connectivity index (χ1) is 4.88. The Labute approximate surface area is 72.9 Å². The van der Waals surface area contributed by atoms with Gasteiger partial charge in [0.15, 0.2) is 9.04 Å². The maximum atomic E-state index is 5.90. The van der Waals surface area contributed by atoms with Gasteiger partial charge >= 0.3 is 0 Å². The molecule has 0 amide bonds. The molecule has 0 saturated carbocycles. The molecule has 11 heavy (non-hydrogen) atoms. The summed E-state index contributed by atoms with van der Waals surface area (Å²) in [6, 6.07) is 0. The van der Waals surface area contributed by atoms with Gasteiger partial charge in [-0.2, -0.15) is 0 Å². The van der Waals surface area contributed by atoms with Gasteiger partial charge in [-0.25, -0.2) is 0 Å². The van der Waals surface area contributed by atoms with E-state index in [2.05, 4.69) is 40.8 Å². The lowest BCUT2D eigenvalue weighted by Gasteiger charge is -2.31. The monoisotopic (exact) mass is 174 g/mol. The van der Waals surface area contributed by atoms with Crippen LogP contribution in [0.1, 0.15) is 34.1 Å². The number of hydrogen-bond acceptors (Lipinski definition) is 1. The molecule has 0 saturated heterocycles. The maximum Gasteiger partial charge on any atom is 0.171 e. The van der Waals surface area contributed by atoms with Crippen molar-refractivity contribution in [3.63, 3.8) is 0 Å². The molecule has 0 aliphatic rings. The third-order valence-electron chi connectivity index (χ3n) is 1.77. The van der Waals surface area contributed by atoms with Crippen LogP contribution in [-0.2, 0) is 4.43 Å². The highest BCUT2D eigenvalue weighted by atomic mass is 28.3. The average molecular weight is 174 g/mol. The summed E-state index contributed by atoms with van der Waals surface area (Å²) in [6.45, 7) is 13.4. The van der Waals surface area contributed by atoms with Crippen LogP contribution in [0, 0.1) is 5.41 Å². The minimum absolute atomic E-state index is 0.312. The molecule has 0 bridgehead atoms. The van der Waals surface area contributed by atoms with Crippen LogP contribution in [0.4, 0.5) is 0 Å². The van der Waals surface area contributed by atoms with E-state index in [0.717, 1.165) is 6.42 Å². The van der Waals surface area contributed by atoms with Crippen molar-refractivity contribution in [1.29, 1.82) is 0 Å². The van der Waals surface area contributed by atoms with E-state index < -0.39 is 9.04 Å². The van der Waals surface area contributed by atoms with Gasteiger partial charge in [0.05, 0.1) is 0 Å². The van der Waals surface area contributed by atoms with Crippen molar-refractivity contribution in [3.8, 4) is 0 Å². The van der Waals surface area contributed by atoms with Gasteiger partial charge in [-0.05, 0) is 24.9 Å². The Morgan fingerprint density at radius 3 is 1.82 bits per heavy atom. The summed E-state index contributed by atoms with van der Waals surface area (Å²) in [4.78, 5) is 0. The van der Waals surface area contributed by atoms with E-state index in [1.807, 2.05) is 0 Å². The van der Waals surface area contributed by atoms with Gasteiger partial charge in [-0.3, -0.25) is 0 Å². The zero-order valence-electron chi connectivity index (χ0n) is 8.77. The normalized spacial score (nSPS) is 15.5. The zero-order chi connectivity index (χ0) is 9.07. The van der Waals surface area contributed by atoms with Crippen LogP contribution in [0.25, 0.3) is 0 Å². The molecular formula is C9H22OSi. The van der Waals surface area contributed by atoms with Crippen LogP contribution in [-0.4, -0.2) is 15.1 Å². The molecule has 2 heteroatoms. The molecule has 0 rings (SSSR count). The van der Waals surface area contributed by atoms with Crippen molar-refractivity contribution in [3.05, 3.63) is 0 Å². The molecule has 0 N–H and O–H groups in total. The van der Waals surface area contributed by atoms with E-state index in [1.165, 1.54) is 0 Å². The first-order valence-electron chi connectivity index (χ1n) is 4.53. The molecule has 0 aliphatic carbocycles. The molecule has 0 aliphatic heterocycles. The van der Waals surface area contributed by atoms with Gasteiger partial charge in [0.1, 0.15) is 0 Å². The molecule has 0 spiro atoms. The second-order valence-corrected chi connectivity index (χ2v) is 6.82. The Morgan fingerprint density at radius 1 is 1.27 bits per heavy atom. The smallest absolute Gasteiger partial charge is 0.171 e. The van der Waals surface area contributed by atoms with Crippen LogP contribution in [0.3, 0.4) is 0 Å². The highest BCUT2D eigenvalue weighted by molar-refractivity contribution is 6.48. The minimum atomic E-state index is -0.846. The van der Waals surface area contributed by atoms with Crippen LogP contribution in [0.15, 0.2) is 0 Å². The van der Waals surface area contributed by atoms with Gasteiger partial charge in [0, 0.05) is 6.10 Å². The van der Waals surface area contributed by atoms with E-state index in [-0.39, 0.29) is 0 Å². The Hall–Kier alpha value is 0.177. The molecular weight excluding hydrogens is 152 g/mol. The standard InChI is InChI=1S/C9H22OSi/c1-7-8(9(2,3)4)10-11(5)6/h8,11H,7H2,1-6H3. The van der Waals surface area contributed by atoms with Crippen molar-refractivity contribution in [2.45, 2.75) is 53.3 Å². The molecule has 0 aromatic heterocycles. The molecule has 0 aromatic rings. The van der Waals surface area contributed by atoms with E-state index in [9.17, 15) is 0 Å². The van der Waals surface area contributed by atoms with Crippen molar-refractivity contribution in [1.82, 2.24) is 0 Å². The Balaban J connectivity index is 3.96. The summed E-state index contributed by atoms with van der Waals surface area (Å²) in [5.41, 5.74) is 0.312. The van der Waals surface area contributed by atoms with Crippen LogP contribution in [0.5, 0.6) is 0 Å². The van der Waals surface area contributed by atoms with Crippen molar-refractivity contribution in [2.75, 3.05) is 0 Å². The van der Waals surface area contributed by atoms with Gasteiger partial charge < -0.3 is 4.43 Å². The molecule has 1 atom stereocenters. The number of hydrogen-bond donors (Lipinski definition) is 0. The van der Waals surface area contributed by atoms with Gasteiger partial charge in [-0.1, -0.05) is 27.7 Å². The first-order valence-corrected chi connectivity index (χ1v) is 7.31. The Kier molecular flexibility index (Phi) is 4.33. The summed E-state index contributed by atoms with van der Waals surface area (Å²) >= 11 is 0. The van der Waals surface area contributed by atoms with Crippen molar-refractivity contribution >= 4 is 9.04 Å². The lowest BCUT2D eigenvalue weighted by Crippen LogP contribution is -2.32. The Bertz CT molecular complexity index is 105. The average Bonchev–Trinajstić information content (AvgIpc) is 1.79. The second kappa shape index (κ2) is 4.26. The lowest BCUT2D eigenvalue weighted by atomic mass is 9.88. The maximum absolute atomic E-state index is 5.90. The quantitative estimate of drug-likeness (QED) is 0.598. The molecule has 68 valence electrons. The zero-order valence-corrected chi connectivity index (χ0v) is 9.92. The van der Waals surface area contributed by atoms with Crippen molar-refractivity contribution < 1.29 is 4.43 Å². The highest BCUT2D eigenvalue weighted by Crippen LogP contribution is 2.24. The lowest BCUT2D eigenvalue weighted by molar-refractivity contribution is 0.0831. The van der Waals surface area contributed by atoms with Gasteiger partial charge in [0.2, 0.25) is 0 Å². The minimum Gasteiger partial charge on any atom is -0.417 e. The molecule has 0 fully saturated rings. The predicted molar refractivity (Wildman–Crippen MR) is 53.5 cm³/mol. The second-order valence-electron chi connectivity index (χ2n) is 4.45. The van der Waals surface area contributed by atoms with E-state index in [4.69, 9.17) is 4.43 Å². The summed E-state index contributed by atoms with van der Waals surface area (Å²) in [6.07, 6.45) is 1.59. The molecule has 0 radical (unpaired) electrons. The molecule has 1 nitrogen and oxygen atoms in total. The topological polar surface area (TPSA) is 9.23 Å². The fraction of sp³-hybridized carbons (Fsp3) is 1.00. The summed E-state index contributed by atoms with van der Waals surface area (Å²) in [5, 5.41) is 0.